The molecule has 0 aromatic carbocycles. The predicted molar refractivity (Wildman–Crippen MR) is 87.0 cm³/mol. The van der Waals surface area contributed by atoms with E-state index in [-0.39, 0.29) is 12.1 Å². The van der Waals surface area contributed by atoms with E-state index in [1.165, 1.54) is 0 Å². The Hall–Kier alpha value is -1.63. The summed E-state index contributed by atoms with van der Waals surface area (Å²) >= 11 is 3.41. The second kappa shape index (κ2) is 5.53. The molecule has 2 heterocycles. The van der Waals surface area contributed by atoms with Crippen LogP contribution in [0.15, 0.2) is 22.9 Å². The summed E-state index contributed by atoms with van der Waals surface area (Å²) in [6.07, 6.45) is 4.42. The van der Waals surface area contributed by atoms with Gasteiger partial charge < -0.3 is 4.74 Å². The van der Waals surface area contributed by atoms with Crippen molar-refractivity contribution < 1.29 is 9.53 Å². The second-order valence-corrected chi connectivity index (χ2v) is 7.29. The van der Waals surface area contributed by atoms with E-state index < -0.39 is 5.60 Å². The van der Waals surface area contributed by atoms with Crippen LogP contribution in [0.5, 0.6) is 0 Å². The lowest BCUT2D eigenvalue weighted by Crippen LogP contribution is -2.47. The summed E-state index contributed by atoms with van der Waals surface area (Å²) < 4.78 is 7.97. The van der Waals surface area contributed by atoms with Crippen LogP contribution in [0.1, 0.15) is 40.0 Å². The molecule has 118 valence electrons. The molecule has 2 aromatic rings. The standard InChI is InChI=1S/C15H19BrN4O2/c1-15(2,3)22-14(21)19(10-5-4-6-10)13-8-7-12-17-9-11(16)20(12)18-13/h7-10H,4-6H2,1-3H3. The van der Waals surface area contributed by atoms with Gasteiger partial charge in [-0.3, -0.25) is 4.90 Å². The van der Waals surface area contributed by atoms with Gasteiger partial charge in [0.2, 0.25) is 0 Å². The van der Waals surface area contributed by atoms with Gasteiger partial charge in [-0.1, -0.05) is 0 Å². The summed E-state index contributed by atoms with van der Waals surface area (Å²) in [7, 11) is 0. The molecule has 2 aromatic heterocycles. The average molecular weight is 367 g/mol. The molecule has 0 unspecified atom stereocenters. The maximum Gasteiger partial charge on any atom is 0.416 e. The highest BCUT2D eigenvalue weighted by Gasteiger charge is 2.34. The molecular formula is C15H19BrN4O2. The van der Waals surface area contributed by atoms with Crippen LogP contribution in [0, 0.1) is 0 Å². The van der Waals surface area contributed by atoms with Crippen LogP contribution in [-0.2, 0) is 4.74 Å². The number of hydrogen-bond donors (Lipinski definition) is 0. The molecule has 0 radical (unpaired) electrons. The SMILES string of the molecule is CC(C)(C)OC(=O)N(c1ccc2ncc(Br)n2n1)C1CCC1. The van der Waals surface area contributed by atoms with Crippen LogP contribution in [0.3, 0.4) is 0 Å². The number of ether oxygens (including phenoxy) is 1. The molecule has 0 spiro atoms. The smallest absolute Gasteiger partial charge is 0.416 e. The van der Waals surface area contributed by atoms with E-state index in [0.29, 0.717) is 5.82 Å². The fraction of sp³-hybridized carbons (Fsp3) is 0.533. The minimum Gasteiger partial charge on any atom is -0.443 e. The van der Waals surface area contributed by atoms with E-state index in [1.807, 2.05) is 32.9 Å². The quantitative estimate of drug-likeness (QED) is 0.811. The number of hydrogen-bond acceptors (Lipinski definition) is 4. The van der Waals surface area contributed by atoms with Crippen molar-refractivity contribution in [2.45, 2.75) is 51.7 Å². The van der Waals surface area contributed by atoms with Crippen molar-refractivity contribution in [1.82, 2.24) is 14.6 Å². The van der Waals surface area contributed by atoms with Crippen molar-refractivity contribution in [2.75, 3.05) is 4.90 Å². The molecule has 0 saturated heterocycles. The average Bonchev–Trinajstić information content (AvgIpc) is 2.73. The number of carbonyl (C=O) groups is 1. The van der Waals surface area contributed by atoms with Gasteiger partial charge in [-0.2, -0.15) is 0 Å². The Morgan fingerprint density at radius 1 is 1.41 bits per heavy atom. The van der Waals surface area contributed by atoms with E-state index in [0.717, 1.165) is 29.5 Å². The highest BCUT2D eigenvalue weighted by atomic mass is 79.9. The molecule has 0 N–H and O–H groups in total. The van der Waals surface area contributed by atoms with E-state index in [4.69, 9.17) is 4.74 Å². The van der Waals surface area contributed by atoms with Gasteiger partial charge in [-0.05, 0) is 68.1 Å². The van der Waals surface area contributed by atoms with Crippen LogP contribution in [0.4, 0.5) is 10.6 Å². The molecule has 0 aliphatic heterocycles. The monoisotopic (exact) mass is 366 g/mol. The summed E-state index contributed by atoms with van der Waals surface area (Å²) in [5.74, 6) is 0.588. The van der Waals surface area contributed by atoms with Crippen LogP contribution in [-0.4, -0.2) is 32.3 Å². The van der Waals surface area contributed by atoms with Crippen LogP contribution >= 0.6 is 15.9 Å². The van der Waals surface area contributed by atoms with E-state index in [2.05, 4.69) is 26.0 Å². The number of halogens is 1. The molecule has 22 heavy (non-hydrogen) atoms. The first-order valence-electron chi connectivity index (χ1n) is 7.38. The highest BCUT2D eigenvalue weighted by Crippen LogP contribution is 2.30. The van der Waals surface area contributed by atoms with Gasteiger partial charge in [-0.15, -0.1) is 5.10 Å². The lowest BCUT2D eigenvalue weighted by Gasteiger charge is -2.37. The number of anilines is 1. The Bertz CT molecular complexity index is 703. The van der Waals surface area contributed by atoms with Crippen molar-refractivity contribution >= 4 is 33.5 Å². The van der Waals surface area contributed by atoms with Gasteiger partial charge in [0.05, 0.1) is 6.20 Å². The number of imidazole rings is 1. The number of rotatable bonds is 2. The van der Waals surface area contributed by atoms with Crippen LogP contribution < -0.4 is 4.90 Å². The number of carbonyl (C=O) groups excluding carboxylic acids is 1. The Morgan fingerprint density at radius 3 is 2.73 bits per heavy atom. The van der Waals surface area contributed by atoms with Gasteiger partial charge in [-0.25, -0.2) is 14.3 Å². The van der Waals surface area contributed by atoms with E-state index in [1.54, 1.807) is 15.6 Å². The first-order chi connectivity index (χ1) is 10.3. The molecule has 0 atom stereocenters. The Kier molecular flexibility index (Phi) is 3.84. The highest BCUT2D eigenvalue weighted by molar-refractivity contribution is 9.10. The molecule has 1 saturated carbocycles. The topological polar surface area (TPSA) is 59.7 Å². The zero-order valence-corrected chi connectivity index (χ0v) is 14.5. The zero-order valence-electron chi connectivity index (χ0n) is 12.9. The summed E-state index contributed by atoms with van der Waals surface area (Å²) in [6.45, 7) is 5.60. The number of aromatic nitrogens is 3. The molecule has 6 nitrogen and oxygen atoms in total. The number of nitrogens with zero attached hydrogens (tertiary/aromatic N) is 4. The number of fused-ring (bicyclic) bond motifs is 1. The molecule has 1 amide bonds. The fourth-order valence-electron chi connectivity index (χ4n) is 2.35. The van der Waals surface area contributed by atoms with Crippen molar-refractivity contribution in [3.05, 3.63) is 22.9 Å². The molecule has 1 aliphatic rings. The van der Waals surface area contributed by atoms with E-state index in [9.17, 15) is 4.79 Å². The van der Waals surface area contributed by atoms with Crippen molar-refractivity contribution in [3.63, 3.8) is 0 Å². The predicted octanol–water partition coefficient (Wildman–Crippen LogP) is 3.79. The molecule has 0 bridgehead atoms. The second-order valence-electron chi connectivity index (χ2n) is 6.48. The Morgan fingerprint density at radius 2 is 2.14 bits per heavy atom. The van der Waals surface area contributed by atoms with Crippen molar-refractivity contribution in [1.29, 1.82) is 0 Å². The summed E-state index contributed by atoms with van der Waals surface area (Å²) in [4.78, 5) is 18.5. The third-order valence-corrected chi connectivity index (χ3v) is 4.12. The summed E-state index contributed by atoms with van der Waals surface area (Å²) in [5.41, 5.74) is 0.201. The molecule has 1 aliphatic carbocycles. The molecular weight excluding hydrogens is 348 g/mol. The molecule has 3 rings (SSSR count). The summed E-state index contributed by atoms with van der Waals surface area (Å²) in [5, 5.41) is 4.52. The van der Waals surface area contributed by atoms with Gasteiger partial charge >= 0.3 is 6.09 Å². The first-order valence-corrected chi connectivity index (χ1v) is 8.17. The molecule has 7 heteroatoms. The third kappa shape index (κ3) is 2.95. The van der Waals surface area contributed by atoms with Gasteiger partial charge in [0.25, 0.3) is 0 Å². The van der Waals surface area contributed by atoms with Crippen molar-refractivity contribution in [2.24, 2.45) is 0 Å². The summed E-state index contributed by atoms with van der Waals surface area (Å²) in [6, 6.07) is 3.82. The molecule has 1 fully saturated rings. The fourth-order valence-corrected chi connectivity index (χ4v) is 2.71. The number of amides is 1. The largest absolute Gasteiger partial charge is 0.443 e. The first kappa shape index (κ1) is 15.3. The Balaban J connectivity index is 1.96. The minimum atomic E-state index is -0.529. The Labute approximate surface area is 137 Å². The minimum absolute atomic E-state index is 0.155. The van der Waals surface area contributed by atoms with Gasteiger partial charge in [0, 0.05) is 6.04 Å². The van der Waals surface area contributed by atoms with E-state index >= 15 is 0 Å². The van der Waals surface area contributed by atoms with Crippen LogP contribution in [0.2, 0.25) is 0 Å². The van der Waals surface area contributed by atoms with Gasteiger partial charge in [0.1, 0.15) is 10.2 Å². The van der Waals surface area contributed by atoms with Gasteiger partial charge in [0.15, 0.2) is 11.5 Å². The maximum absolute atomic E-state index is 12.6. The zero-order chi connectivity index (χ0) is 15.9. The van der Waals surface area contributed by atoms with Crippen molar-refractivity contribution in [3.8, 4) is 0 Å². The van der Waals surface area contributed by atoms with Crippen LogP contribution in [0.25, 0.3) is 5.65 Å². The lowest BCUT2D eigenvalue weighted by atomic mass is 9.92. The lowest BCUT2D eigenvalue weighted by molar-refractivity contribution is 0.0547. The third-order valence-electron chi connectivity index (χ3n) is 3.58. The normalized spacial score (nSPS) is 15.6. The maximum atomic E-state index is 12.6.